The van der Waals surface area contributed by atoms with Gasteiger partial charge in [0.1, 0.15) is 16.3 Å². The molecule has 0 atom stereocenters. The van der Waals surface area contributed by atoms with Crippen molar-refractivity contribution in [3.63, 3.8) is 0 Å². The predicted octanol–water partition coefficient (Wildman–Crippen LogP) is 4.12. The number of hydrogen-bond acceptors (Lipinski definition) is 2. The fourth-order valence-electron chi connectivity index (χ4n) is 1.86. The van der Waals surface area contributed by atoms with E-state index in [1.165, 1.54) is 6.07 Å². The molecule has 0 saturated carbocycles. The average Bonchev–Trinajstić information content (AvgIpc) is 2.36. The molecular weight excluding hydrogens is 247 g/mol. The van der Waals surface area contributed by atoms with Crippen molar-refractivity contribution in [1.29, 1.82) is 0 Å². The van der Waals surface area contributed by atoms with Crippen LogP contribution in [-0.4, -0.2) is 9.97 Å². The van der Waals surface area contributed by atoms with E-state index in [-0.39, 0.29) is 5.82 Å². The molecule has 1 heterocycles. The highest BCUT2D eigenvalue weighted by atomic mass is 32.1. The van der Waals surface area contributed by atoms with Gasteiger partial charge in [-0.3, -0.25) is 0 Å². The second-order valence-electron chi connectivity index (χ2n) is 4.31. The molecular formula is C14H15FN2S. The highest BCUT2D eigenvalue weighted by Crippen LogP contribution is 2.20. The Balaban J connectivity index is 2.60. The van der Waals surface area contributed by atoms with Crippen LogP contribution in [0.15, 0.2) is 18.2 Å². The molecule has 18 heavy (non-hydrogen) atoms. The lowest BCUT2D eigenvalue weighted by Crippen LogP contribution is -1.99. The molecule has 1 N–H and O–H groups in total. The first-order chi connectivity index (χ1) is 8.52. The smallest absolute Gasteiger partial charge is 0.139 e. The standard InChI is InChI=1S/C14H15FN2S/c1-4-12-9(3)14(18)17-13(16-12)10-5-6-11(15)8(2)7-10/h5-7H,4H2,1-3H3,(H,16,17,18). The van der Waals surface area contributed by atoms with E-state index in [4.69, 9.17) is 12.2 Å². The zero-order chi connectivity index (χ0) is 13.3. The lowest BCUT2D eigenvalue weighted by molar-refractivity contribution is 0.618. The summed E-state index contributed by atoms with van der Waals surface area (Å²) in [6.45, 7) is 5.76. The van der Waals surface area contributed by atoms with Crippen molar-refractivity contribution in [3.8, 4) is 11.4 Å². The quantitative estimate of drug-likeness (QED) is 0.825. The first-order valence-electron chi connectivity index (χ1n) is 5.89. The van der Waals surface area contributed by atoms with Gasteiger partial charge in [0.15, 0.2) is 0 Å². The zero-order valence-electron chi connectivity index (χ0n) is 10.7. The third-order valence-electron chi connectivity index (χ3n) is 3.04. The molecule has 0 spiro atoms. The summed E-state index contributed by atoms with van der Waals surface area (Å²) in [5.74, 6) is 0.491. The molecule has 4 heteroatoms. The molecule has 0 unspecified atom stereocenters. The van der Waals surface area contributed by atoms with Crippen LogP contribution in [0.4, 0.5) is 4.39 Å². The zero-order valence-corrected chi connectivity index (χ0v) is 11.5. The molecule has 0 fully saturated rings. The second-order valence-corrected chi connectivity index (χ2v) is 4.70. The van der Waals surface area contributed by atoms with Gasteiger partial charge in [0.05, 0.1) is 0 Å². The van der Waals surface area contributed by atoms with Gasteiger partial charge in [-0.15, -0.1) is 0 Å². The summed E-state index contributed by atoms with van der Waals surface area (Å²) in [7, 11) is 0. The van der Waals surface area contributed by atoms with Crippen molar-refractivity contribution in [2.45, 2.75) is 27.2 Å². The minimum atomic E-state index is -0.208. The summed E-state index contributed by atoms with van der Waals surface area (Å²) in [6, 6.07) is 4.94. The Bertz CT molecular complexity index is 647. The van der Waals surface area contributed by atoms with E-state index in [9.17, 15) is 4.39 Å². The monoisotopic (exact) mass is 262 g/mol. The molecule has 0 bridgehead atoms. The SMILES string of the molecule is CCc1[nH]c(-c2ccc(F)c(C)c2)nc(=S)c1C. The summed E-state index contributed by atoms with van der Waals surface area (Å²) in [5.41, 5.74) is 3.55. The fourth-order valence-corrected chi connectivity index (χ4v) is 2.08. The topological polar surface area (TPSA) is 28.7 Å². The fraction of sp³-hybridized carbons (Fsp3) is 0.286. The number of H-pyrrole nitrogens is 1. The van der Waals surface area contributed by atoms with Crippen LogP contribution >= 0.6 is 12.2 Å². The number of nitrogens with one attached hydrogen (secondary N) is 1. The summed E-state index contributed by atoms with van der Waals surface area (Å²) in [6.07, 6.45) is 0.866. The second kappa shape index (κ2) is 4.98. The first kappa shape index (κ1) is 12.9. The number of aromatic nitrogens is 2. The molecule has 0 aliphatic rings. The summed E-state index contributed by atoms with van der Waals surface area (Å²) in [4.78, 5) is 7.63. The van der Waals surface area contributed by atoms with Crippen LogP contribution in [-0.2, 0) is 6.42 Å². The van der Waals surface area contributed by atoms with Gasteiger partial charge in [0.25, 0.3) is 0 Å². The number of nitrogens with zero attached hydrogens (tertiary/aromatic N) is 1. The van der Waals surface area contributed by atoms with E-state index in [0.717, 1.165) is 23.2 Å². The molecule has 2 aromatic rings. The Morgan fingerprint density at radius 1 is 1.33 bits per heavy atom. The van der Waals surface area contributed by atoms with Gasteiger partial charge >= 0.3 is 0 Å². The third-order valence-corrected chi connectivity index (χ3v) is 3.44. The van der Waals surface area contributed by atoms with Crippen LogP contribution in [0.1, 0.15) is 23.7 Å². The van der Waals surface area contributed by atoms with Gasteiger partial charge in [-0.1, -0.05) is 19.1 Å². The van der Waals surface area contributed by atoms with Crippen LogP contribution in [0.5, 0.6) is 0 Å². The summed E-state index contributed by atoms with van der Waals surface area (Å²) in [5, 5.41) is 0. The Morgan fingerprint density at radius 2 is 2.06 bits per heavy atom. The molecule has 0 aliphatic carbocycles. The van der Waals surface area contributed by atoms with Gasteiger partial charge < -0.3 is 4.98 Å². The maximum absolute atomic E-state index is 13.3. The predicted molar refractivity (Wildman–Crippen MR) is 73.7 cm³/mol. The van der Waals surface area contributed by atoms with E-state index in [1.54, 1.807) is 19.1 Å². The van der Waals surface area contributed by atoms with Crippen LogP contribution in [0.2, 0.25) is 0 Å². The van der Waals surface area contributed by atoms with E-state index in [0.29, 0.717) is 16.0 Å². The summed E-state index contributed by atoms with van der Waals surface area (Å²) >= 11 is 5.25. The van der Waals surface area contributed by atoms with Crippen molar-refractivity contribution in [3.05, 3.63) is 45.5 Å². The average molecular weight is 262 g/mol. The molecule has 1 aromatic heterocycles. The van der Waals surface area contributed by atoms with Gasteiger partial charge in [-0.05, 0) is 44.0 Å². The number of halogens is 1. The highest BCUT2D eigenvalue weighted by Gasteiger charge is 2.07. The molecule has 0 saturated heterocycles. The Labute approximate surface area is 111 Å². The number of rotatable bonds is 2. The van der Waals surface area contributed by atoms with E-state index >= 15 is 0 Å². The minimum Gasteiger partial charge on any atom is -0.343 e. The molecule has 0 amide bonds. The highest BCUT2D eigenvalue weighted by molar-refractivity contribution is 7.71. The van der Waals surface area contributed by atoms with Crippen molar-refractivity contribution in [2.75, 3.05) is 0 Å². The maximum atomic E-state index is 13.3. The number of aromatic amines is 1. The third kappa shape index (κ3) is 2.34. The lowest BCUT2D eigenvalue weighted by Gasteiger charge is -2.08. The first-order valence-corrected chi connectivity index (χ1v) is 6.30. The molecule has 1 aromatic carbocycles. The van der Waals surface area contributed by atoms with Gasteiger partial charge in [0.2, 0.25) is 0 Å². The van der Waals surface area contributed by atoms with E-state index in [1.807, 2.05) is 6.92 Å². The van der Waals surface area contributed by atoms with Crippen molar-refractivity contribution in [2.24, 2.45) is 0 Å². The molecule has 0 aliphatic heterocycles. The molecule has 94 valence electrons. The van der Waals surface area contributed by atoms with Crippen LogP contribution in [0.25, 0.3) is 11.4 Å². The number of hydrogen-bond donors (Lipinski definition) is 1. The minimum absolute atomic E-state index is 0.208. The Hall–Kier alpha value is -1.55. The Kier molecular flexibility index (Phi) is 3.57. The maximum Gasteiger partial charge on any atom is 0.139 e. The number of aryl methyl sites for hydroxylation is 2. The number of benzene rings is 1. The molecule has 2 rings (SSSR count). The van der Waals surface area contributed by atoms with Gasteiger partial charge in [-0.25, -0.2) is 9.37 Å². The molecule has 0 radical (unpaired) electrons. The van der Waals surface area contributed by atoms with E-state index < -0.39 is 0 Å². The lowest BCUT2D eigenvalue weighted by atomic mass is 10.1. The van der Waals surface area contributed by atoms with Crippen LogP contribution < -0.4 is 0 Å². The summed E-state index contributed by atoms with van der Waals surface area (Å²) < 4.78 is 13.9. The van der Waals surface area contributed by atoms with Gasteiger partial charge in [0, 0.05) is 16.8 Å². The normalized spacial score (nSPS) is 10.7. The van der Waals surface area contributed by atoms with Crippen molar-refractivity contribution in [1.82, 2.24) is 9.97 Å². The van der Waals surface area contributed by atoms with Crippen LogP contribution in [0.3, 0.4) is 0 Å². The Morgan fingerprint density at radius 3 is 2.67 bits per heavy atom. The van der Waals surface area contributed by atoms with E-state index in [2.05, 4.69) is 16.9 Å². The largest absolute Gasteiger partial charge is 0.343 e. The van der Waals surface area contributed by atoms with Crippen LogP contribution in [0, 0.1) is 24.3 Å². The van der Waals surface area contributed by atoms with Crippen molar-refractivity contribution < 1.29 is 4.39 Å². The molecule has 2 nitrogen and oxygen atoms in total. The van der Waals surface area contributed by atoms with Gasteiger partial charge in [-0.2, -0.15) is 0 Å². The van der Waals surface area contributed by atoms with Crippen molar-refractivity contribution >= 4 is 12.2 Å².